The molecule has 0 unspecified atom stereocenters. The molecule has 6 nitrogen and oxygen atoms in total. The van der Waals surface area contributed by atoms with Crippen LogP contribution < -0.4 is 5.48 Å². The number of hydrogen-bond acceptors (Lipinski definition) is 4. The van der Waals surface area contributed by atoms with Gasteiger partial charge in [-0.25, -0.2) is 5.48 Å². The number of hydroxylamine groups is 1. The molecule has 0 bridgehead atoms. The number of carbonyl (C=O) groups excluding carboxylic acids is 3. The Hall–Kier alpha value is -3.19. The molecule has 1 saturated carbocycles. The number of ketones is 1. The Morgan fingerprint density at radius 2 is 1.70 bits per heavy atom. The number of halogens is 2. The van der Waals surface area contributed by atoms with Gasteiger partial charge in [0.15, 0.2) is 5.78 Å². The van der Waals surface area contributed by atoms with Crippen LogP contribution in [0.4, 0.5) is 0 Å². The van der Waals surface area contributed by atoms with E-state index in [1.54, 1.807) is 47.4 Å². The molecule has 0 radical (unpaired) electrons. The predicted octanol–water partition coefficient (Wildman–Crippen LogP) is 6.03. The summed E-state index contributed by atoms with van der Waals surface area (Å²) in [5.74, 6) is -1.59. The van der Waals surface area contributed by atoms with Gasteiger partial charge in [-0.2, -0.15) is 0 Å². The molecule has 3 aromatic rings. The third-order valence-electron chi connectivity index (χ3n) is 7.05. The van der Waals surface area contributed by atoms with Crippen molar-refractivity contribution < 1.29 is 19.2 Å². The Labute approximate surface area is 225 Å². The number of benzene rings is 3. The van der Waals surface area contributed by atoms with Crippen molar-refractivity contribution >= 4 is 40.8 Å². The van der Waals surface area contributed by atoms with Crippen LogP contribution >= 0.6 is 23.2 Å². The Morgan fingerprint density at radius 1 is 0.946 bits per heavy atom. The van der Waals surface area contributed by atoms with Crippen LogP contribution in [0.5, 0.6) is 0 Å². The molecule has 3 atom stereocenters. The first-order chi connectivity index (χ1) is 18.0. The second kappa shape index (κ2) is 11.1. The first-order valence-electron chi connectivity index (χ1n) is 12.3. The van der Waals surface area contributed by atoms with Gasteiger partial charge in [-0.05, 0) is 47.7 Å². The lowest BCUT2D eigenvalue weighted by Gasteiger charge is -2.46. The molecular weight excluding hydrogens is 511 g/mol. The molecule has 5 rings (SSSR count). The zero-order valence-corrected chi connectivity index (χ0v) is 21.5. The molecule has 1 N–H and O–H groups in total. The topological polar surface area (TPSA) is 75.7 Å². The lowest BCUT2D eigenvalue weighted by molar-refractivity contribution is -0.139. The highest BCUT2D eigenvalue weighted by molar-refractivity contribution is 6.35. The third kappa shape index (κ3) is 5.14. The SMILES string of the molecule is O=C1CCCC[C@H]1N1C(=O)c2ccccc2[C@H](C(=O)NOCc2ccccc2)[C@H]1c1ccc(Cl)cc1Cl. The second-order valence-corrected chi connectivity index (χ2v) is 10.2. The number of amides is 2. The molecule has 0 spiro atoms. The van der Waals surface area contributed by atoms with Gasteiger partial charge < -0.3 is 4.90 Å². The first kappa shape index (κ1) is 25.5. The Morgan fingerprint density at radius 3 is 2.46 bits per heavy atom. The maximum absolute atomic E-state index is 13.9. The summed E-state index contributed by atoms with van der Waals surface area (Å²) in [6.45, 7) is 0.178. The molecule has 3 aromatic carbocycles. The zero-order valence-electron chi connectivity index (χ0n) is 20.0. The minimum atomic E-state index is -0.863. The fourth-order valence-corrected chi connectivity index (χ4v) is 5.86. The molecule has 1 fully saturated rings. The van der Waals surface area contributed by atoms with Crippen molar-refractivity contribution in [3.8, 4) is 0 Å². The summed E-state index contributed by atoms with van der Waals surface area (Å²) in [7, 11) is 0. The van der Waals surface area contributed by atoms with Crippen molar-refractivity contribution in [2.75, 3.05) is 0 Å². The number of hydrogen-bond donors (Lipinski definition) is 1. The van der Waals surface area contributed by atoms with E-state index in [0.717, 1.165) is 18.4 Å². The number of Topliss-reactive ketones (excluding diaryl/α,β-unsaturated/α-hetero) is 1. The van der Waals surface area contributed by atoms with Crippen LogP contribution in [-0.2, 0) is 21.0 Å². The van der Waals surface area contributed by atoms with Crippen LogP contribution in [0.15, 0.2) is 72.8 Å². The first-order valence-corrected chi connectivity index (χ1v) is 13.1. The van der Waals surface area contributed by atoms with E-state index in [2.05, 4.69) is 5.48 Å². The van der Waals surface area contributed by atoms with Crippen molar-refractivity contribution in [2.24, 2.45) is 0 Å². The fraction of sp³-hybridized carbons (Fsp3) is 0.276. The van der Waals surface area contributed by atoms with Crippen molar-refractivity contribution in [2.45, 2.75) is 50.3 Å². The quantitative estimate of drug-likeness (QED) is 0.390. The van der Waals surface area contributed by atoms with Gasteiger partial charge >= 0.3 is 0 Å². The van der Waals surface area contributed by atoms with E-state index >= 15 is 0 Å². The standard InChI is InChI=1S/C29H26Cl2N2O4/c30-19-14-15-22(23(31)16-19)27-26(28(35)32-37-17-18-8-2-1-3-9-18)20-10-4-5-11-21(20)29(36)33(27)24-12-6-7-13-25(24)34/h1-5,8-11,14-16,24,26-27H,6-7,12-13,17H2,(H,32,35)/t24-,26+,27-/m1/s1. The van der Waals surface area contributed by atoms with E-state index < -0.39 is 23.9 Å². The third-order valence-corrected chi connectivity index (χ3v) is 7.61. The van der Waals surface area contributed by atoms with Gasteiger partial charge in [0.2, 0.25) is 0 Å². The molecule has 1 heterocycles. The normalized spacial score (nSPS) is 21.5. The van der Waals surface area contributed by atoms with Crippen molar-refractivity contribution in [3.05, 3.63) is 105 Å². The maximum atomic E-state index is 13.9. The van der Waals surface area contributed by atoms with Crippen molar-refractivity contribution in [1.29, 1.82) is 0 Å². The largest absolute Gasteiger partial charge is 0.320 e. The van der Waals surface area contributed by atoms with Gasteiger partial charge in [0.1, 0.15) is 0 Å². The summed E-state index contributed by atoms with van der Waals surface area (Å²) in [5, 5.41) is 0.754. The van der Waals surface area contributed by atoms with Gasteiger partial charge in [0, 0.05) is 22.0 Å². The molecule has 190 valence electrons. The van der Waals surface area contributed by atoms with Crippen LogP contribution in [-0.4, -0.2) is 28.5 Å². The Balaban J connectivity index is 1.58. The summed E-state index contributed by atoms with van der Waals surface area (Å²) < 4.78 is 0. The molecule has 8 heteroatoms. The molecule has 1 aliphatic heterocycles. The number of rotatable bonds is 6. The zero-order chi connectivity index (χ0) is 25.9. The highest BCUT2D eigenvalue weighted by atomic mass is 35.5. The van der Waals surface area contributed by atoms with Crippen molar-refractivity contribution in [3.63, 3.8) is 0 Å². The smallest absolute Gasteiger partial charge is 0.255 e. The molecular formula is C29H26Cl2N2O4. The van der Waals surface area contributed by atoms with E-state index in [0.29, 0.717) is 39.6 Å². The van der Waals surface area contributed by atoms with Crippen LogP contribution in [0.2, 0.25) is 10.0 Å². The molecule has 2 amide bonds. The summed E-state index contributed by atoms with van der Waals surface area (Å²) >= 11 is 12.8. The number of nitrogens with one attached hydrogen (secondary N) is 1. The van der Waals surface area contributed by atoms with Gasteiger partial charge in [0.05, 0.1) is 24.6 Å². The Kier molecular flexibility index (Phi) is 7.60. The molecule has 2 aliphatic rings. The van der Waals surface area contributed by atoms with E-state index in [-0.39, 0.29) is 18.3 Å². The van der Waals surface area contributed by atoms with Gasteiger partial charge in [-0.1, -0.05) is 84.2 Å². The van der Waals surface area contributed by atoms with Crippen LogP contribution in [0, 0.1) is 0 Å². The lowest BCUT2D eigenvalue weighted by Crippen LogP contribution is -2.54. The molecule has 0 aromatic heterocycles. The van der Waals surface area contributed by atoms with E-state index in [9.17, 15) is 14.4 Å². The molecule has 1 aliphatic carbocycles. The van der Waals surface area contributed by atoms with Crippen molar-refractivity contribution in [1.82, 2.24) is 10.4 Å². The van der Waals surface area contributed by atoms with E-state index in [1.807, 2.05) is 30.3 Å². The second-order valence-electron chi connectivity index (χ2n) is 9.36. The monoisotopic (exact) mass is 536 g/mol. The van der Waals surface area contributed by atoms with Crippen LogP contribution in [0.3, 0.4) is 0 Å². The summed E-state index contributed by atoms with van der Waals surface area (Å²) in [4.78, 5) is 48.0. The average molecular weight is 537 g/mol. The van der Waals surface area contributed by atoms with E-state index in [4.69, 9.17) is 28.0 Å². The lowest BCUT2D eigenvalue weighted by atomic mass is 9.77. The summed E-state index contributed by atoms with van der Waals surface area (Å²) in [6.07, 6.45) is 2.54. The van der Waals surface area contributed by atoms with Gasteiger partial charge in [0.25, 0.3) is 11.8 Å². The van der Waals surface area contributed by atoms with Crippen LogP contribution in [0.25, 0.3) is 0 Å². The highest BCUT2D eigenvalue weighted by Gasteiger charge is 2.49. The molecule has 0 saturated heterocycles. The highest BCUT2D eigenvalue weighted by Crippen LogP contribution is 2.47. The maximum Gasteiger partial charge on any atom is 0.255 e. The minimum absolute atomic E-state index is 0.00597. The number of fused-ring (bicyclic) bond motifs is 1. The van der Waals surface area contributed by atoms with E-state index in [1.165, 1.54) is 0 Å². The number of carbonyl (C=O) groups is 3. The fourth-order valence-electron chi connectivity index (χ4n) is 5.34. The predicted molar refractivity (Wildman–Crippen MR) is 141 cm³/mol. The minimum Gasteiger partial charge on any atom is -0.320 e. The average Bonchev–Trinajstić information content (AvgIpc) is 2.90. The van der Waals surface area contributed by atoms with Crippen LogP contribution in [0.1, 0.15) is 64.7 Å². The van der Waals surface area contributed by atoms with Gasteiger partial charge in [-0.3, -0.25) is 19.2 Å². The summed E-state index contributed by atoms with van der Waals surface area (Å²) in [5.41, 5.74) is 4.99. The molecule has 37 heavy (non-hydrogen) atoms. The summed E-state index contributed by atoms with van der Waals surface area (Å²) in [6, 6.07) is 20.0. The van der Waals surface area contributed by atoms with Gasteiger partial charge in [-0.15, -0.1) is 0 Å². The Bertz CT molecular complexity index is 1330. The number of nitrogens with zero attached hydrogens (tertiary/aromatic N) is 1.